The monoisotopic (exact) mass is 345 g/mol. The average molecular weight is 346 g/mol. The minimum absolute atomic E-state index is 0.269. The summed E-state index contributed by atoms with van der Waals surface area (Å²) >= 11 is 3.40. The van der Waals surface area contributed by atoms with Crippen LogP contribution in [-0.4, -0.2) is 12.0 Å². The minimum Gasteiger partial charge on any atom is -0.398 e. The molecule has 0 aliphatic rings. The Labute approximate surface area is 130 Å². The highest BCUT2D eigenvalue weighted by Gasteiger charge is 2.12. The summed E-state index contributed by atoms with van der Waals surface area (Å²) in [5.41, 5.74) is 9.09. The van der Waals surface area contributed by atoms with E-state index >= 15 is 0 Å². The van der Waals surface area contributed by atoms with Crippen LogP contribution in [0.15, 0.2) is 53.1 Å². The Bertz CT molecular complexity index is 820. The van der Waals surface area contributed by atoms with E-state index in [1.807, 2.05) is 36.2 Å². The van der Waals surface area contributed by atoms with E-state index in [1.54, 1.807) is 12.3 Å². The zero-order valence-electron chi connectivity index (χ0n) is 11.3. The summed E-state index contributed by atoms with van der Waals surface area (Å²) in [5, 5.41) is 0.866. The maximum Gasteiger partial charge on any atom is 0.125 e. The molecule has 106 valence electrons. The summed E-state index contributed by atoms with van der Waals surface area (Å²) in [5.74, 6) is -0.269. The average Bonchev–Trinajstić information content (AvgIpc) is 2.47. The first-order chi connectivity index (χ1) is 10.1. The topological polar surface area (TPSA) is 42.1 Å². The van der Waals surface area contributed by atoms with E-state index < -0.39 is 0 Å². The fourth-order valence-corrected chi connectivity index (χ4v) is 2.63. The second-order valence-corrected chi connectivity index (χ2v) is 5.68. The Morgan fingerprint density at radius 1 is 1.19 bits per heavy atom. The standard InChI is InChI=1S/C16H13BrFN3/c1-21(12-4-2-3-11(18)8-12)15-6-5-14(19)13-7-10(17)9-20-16(13)15/h2-9H,19H2,1H3. The van der Waals surface area contributed by atoms with Crippen LogP contribution >= 0.6 is 15.9 Å². The van der Waals surface area contributed by atoms with Gasteiger partial charge in [0.05, 0.1) is 11.2 Å². The van der Waals surface area contributed by atoms with Crippen molar-refractivity contribution in [2.75, 3.05) is 17.7 Å². The van der Waals surface area contributed by atoms with Crippen molar-refractivity contribution in [1.29, 1.82) is 0 Å². The molecule has 0 unspecified atom stereocenters. The Morgan fingerprint density at radius 3 is 2.76 bits per heavy atom. The number of fused-ring (bicyclic) bond motifs is 1. The molecule has 3 rings (SSSR count). The molecule has 0 saturated heterocycles. The molecule has 2 N–H and O–H groups in total. The van der Waals surface area contributed by atoms with E-state index in [9.17, 15) is 4.39 Å². The number of hydrogen-bond acceptors (Lipinski definition) is 3. The minimum atomic E-state index is -0.269. The first kappa shape index (κ1) is 13.8. The molecule has 3 aromatic rings. The van der Waals surface area contributed by atoms with Crippen molar-refractivity contribution < 1.29 is 4.39 Å². The van der Waals surface area contributed by atoms with Crippen LogP contribution in [0.5, 0.6) is 0 Å². The van der Waals surface area contributed by atoms with Crippen molar-refractivity contribution in [3.63, 3.8) is 0 Å². The molecular formula is C16H13BrFN3. The molecule has 0 amide bonds. The maximum atomic E-state index is 13.4. The summed E-state index contributed by atoms with van der Waals surface area (Å²) in [6.45, 7) is 0. The lowest BCUT2D eigenvalue weighted by molar-refractivity contribution is 0.628. The van der Waals surface area contributed by atoms with Crippen molar-refractivity contribution in [2.24, 2.45) is 0 Å². The predicted molar refractivity (Wildman–Crippen MR) is 88.3 cm³/mol. The third kappa shape index (κ3) is 2.56. The van der Waals surface area contributed by atoms with Crippen molar-refractivity contribution in [3.8, 4) is 0 Å². The molecule has 0 saturated carbocycles. The number of benzene rings is 2. The lowest BCUT2D eigenvalue weighted by atomic mass is 10.1. The molecule has 0 bridgehead atoms. The van der Waals surface area contributed by atoms with Gasteiger partial charge < -0.3 is 10.6 Å². The molecule has 0 aliphatic heterocycles. The van der Waals surface area contributed by atoms with Gasteiger partial charge >= 0.3 is 0 Å². The van der Waals surface area contributed by atoms with E-state index in [2.05, 4.69) is 20.9 Å². The Morgan fingerprint density at radius 2 is 2.00 bits per heavy atom. The molecule has 5 heteroatoms. The summed E-state index contributed by atoms with van der Waals surface area (Å²) in [6, 6.07) is 12.1. The van der Waals surface area contributed by atoms with Gasteiger partial charge in [-0.05, 0) is 52.3 Å². The molecule has 0 aliphatic carbocycles. The number of anilines is 3. The third-order valence-electron chi connectivity index (χ3n) is 3.39. The number of nitrogens with two attached hydrogens (primary N) is 1. The number of halogens is 2. The van der Waals surface area contributed by atoms with Crippen LogP contribution in [0.1, 0.15) is 0 Å². The molecule has 0 atom stereocenters. The van der Waals surface area contributed by atoms with E-state index in [0.29, 0.717) is 5.69 Å². The number of hydrogen-bond donors (Lipinski definition) is 1. The third-order valence-corrected chi connectivity index (χ3v) is 3.82. The smallest absolute Gasteiger partial charge is 0.125 e. The highest BCUT2D eigenvalue weighted by molar-refractivity contribution is 9.10. The van der Waals surface area contributed by atoms with Gasteiger partial charge in [0.15, 0.2) is 0 Å². The van der Waals surface area contributed by atoms with Crippen LogP contribution in [0.3, 0.4) is 0 Å². The first-order valence-electron chi connectivity index (χ1n) is 6.39. The molecule has 3 nitrogen and oxygen atoms in total. The fourth-order valence-electron chi connectivity index (χ4n) is 2.30. The number of rotatable bonds is 2. The SMILES string of the molecule is CN(c1cccc(F)c1)c1ccc(N)c2cc(Br)cnc12. The molecule has 0 fully saturated rings. The van der Waals surface area contributed by atoms with Gasteiger partial charge in [0.2, 0.25) is 0 Å². The summed E-state index contributed by atoms with van der Waals surface area (Å²) in [4.78, 5) is 6.34. The molecule has 1 aromatic heterocycles. The van der Waals surface area contributed by atoms with E-state index in [1.165, 1.54) is 12.1 Å². The molecule has 0 spiro atoms. The highest BCUT2D eigenvalue weighted by atomic mass is 79.9. The molecule has 21 heavy (non-hydrogen) atoms. The number of nitrogens with zero attached hydrogens (tertiary/aromatic N) is 2. The second-order valence-electron chi connectivity index (χ2n) is 4.76. The van der Waals surface area contributed by atoms with Crippen LogP contribution in [-0.2, 0) is 0 Å². The van der Waals surface area contributed by atoms with Gasteiger partial charge in [0.1, 0.15) is 5.82 Å². The normalized spacial score (nSPS) is 10.8. The van der Waals surface area contributed by atoms with Crippen LogP contribution in [0, 0.1) is 5.82 Å². The molecule has 0 radical (unpaired) electrons. The lowest BCUT2D eigenvalue weighted by Crippen LogP contribution is -2.11. The Hall–Kier alpha value is -2.14. The van der Waals surface area contributed by atoms with Crippen molar-refractivity contribution >= 4 is 43.9 Å². The van der Waals surface area contributed by atoms with E-state index in [4.69, 9.17) is 5.73 Å². The summed E-state index contributed by atoms with van der Waals surface area (Å²) < 4.78 is 14.3. The Balaban J connectivity index is 2.18. The van der Waals surface area contributed by atoms with Crippen molar-refractivity contribution in [1.82, 2.24) is 4.98 Å². The van der Waals surface area contributed by atoms with Crippen LogP contribution in [0.4, 0.5) is 21.5 Å². The van der Waals surface area contributed by atoms with Gasteiger partial charge in [0.25, 0.3) is 0 Å². The van der Waals surface area contributed by atoms with E-state index in [0.717, 1.165) is 26.8 Å². The largest absolute Gasteiger partial charge is 0.398 e. The zero-order chi connectivity index (χ0) is 15.0. The van der Waals surface area contributed by atoms with Gasteiger partial charge in [-0.15, -0.1) is 0 Å². The number of aromatic nitrogens is 1. The molecule has 2 aromatic carbocycles. The van der Waals surface area contributed by atoms with E-state index in [-0.39, 0.29) is 5.82 Å². The van der Waals surface area contributed by atoms with Gasteiger partial charge in [-0.2, -0.15) is 0 Å². The first-order valence-corrected chi connectivity index (χ1v) is 7.18. The molecular weight excluding hydrogens is 333 g/mol. The summed E-state index contributed by atoms with van der Waals surface area (Å²) in [6.07, 6.45) is 1.73. The van der Waals surface area contributed by atoms with Crippen LogP contribution in [0.2, 0.25) is 0 Å². The van der Waals surface area contributed by atoms with Gasteiger partial charge in [-0.25, -0.2) is 4.39 Å². The van der Waals surface area contributed by atoms with Gasteiger partial charge in [-0.1, -0.05) is 6.07 Å². The number of nitrogen functional groups attached to an aromatic ring is 1. The second kappa shape index (κ2) is 5.33. The Kier molecular flexibility index (Phi) is 3.51. The van der Waals surface area contributed by atoms with Gasteiger partial charge in [-0.3, -0.25) is 4.98 Å². The maximum absolute atomic E-state index is 13.4. The highest BCUT2D eigenvalue weighted by Crippen LogP contribution is 2.34. The number of pyridine rings is 1. The van der Waals surface area contributed by atoms with Crippen molar-refractivity contribution in [3.05, 3.63) is 59.0 Å². The summed E-state index contributed by atoms with van der Waals surface area (Å²) in [7, 11) is 1.88. The van der Waals surface area contributed by atoms with Crippen LogP contribution in [0.25, 0.3) is 10.9 Å². The van der Waals surface area contributed by atoms with Crippen molar-refractivity contribution in [2.45, 2.75) is 0 Å². The van der Waals surface area contributed by atoms with Gasteiger partial charge in [0, 0.05) is 34.5 Å². The lowest BCUT2D eigenvalue weighted by Gasteiger charge is -2.21. The fraction of sp³-hybridized carbons (Fsp3) is 0.0625. The van der Waals surface area contributed by atoms with Crippen LogP contribution < -0.4 is 10.6 Å². The quantitative estimate of drug-likeness (QED) is 0.696. The zero-order valence-corrected chi connectivity index (χ0v) is 12.9. The predicted octanol–water partition coefficient (Wildman–Crippen LogP) is 4.49. The molecule has 1 heterocycles.